The van der Waals surface area contributed by atoms with Crippen LogP contribution in [0.3, 0.4) is 0 Å². The fourth-order valence-corrected chi connectivity index (χ4v) is 4.39. The normalized spacial score (nSPS) is 17.6. The molecule has 0 radical (unpaired) electrons. The number of carbonyl (C=O) groups excluding carboxylic acids is 2. The molecule has 6 nitrogen and oxygen atoms in total. The van der Waals surface area contributed by atoms with E-state index in [0.717, 1.165) is 16.7 Å². The van der Waals surface area contributed by atoms with Crippen molar-refractivity contribution >= 4 is 17.4 Å². The first-order valence-electron chi connectivity index (χ1n) is 11.6. The number of aromatic nitrogens is 1. The molecule has 4 rings (SSSR count). The van der Waals surface area contributed by atoms with Crippen LogP contribution in [0.2, 0.25) is 0 Å². The van der Waals surface area contributed by atoms with E-state index in [1.807, 2.05) is 49.4 Å². The van der Waals surface area contributed by atoms with Crippen LogP contribution in [-0.4, -0.2) is 33.8 Å². The minimum absolute atomic E-state index is 0.0396. The predicted octanol–water partition coefficient (Wildman–Crippen LogP) is 5.32. The minimum Gasteiger partial charge on any atom is -0.507 e. The maximum atomic E-state index is 13.4. The van der Waals surface area contributed by atoms with Gasteiger partial charge in [-0.15, -0.1) is 0 Å². The average molecular weight is 471 g/mol. The van der Waals surface area contributed by atoms with Gasteiger partial charge < -0.3 is 14.7 Å². The Bertz CT molecular complexity index is 1310. The molecule has 1 unspecified atom stereocenters. The standard InChI is InChI=1S/C29H30N2O4/c1-18-13-14-20(29(2,3)4)16-21(18)26(32)24-25(22-11-8-9-15-30-22)31(28(34)27(24)33)17-19-10-6-7-12-23(19)35-5/h6-16,25,32H,17H2,1-5H3/b26-24+. The molecule has 2 aromatic carbocycles. The highest BCUT2D eigenvalue weighted by Crippen LogP contribution is 2.41. The van der Waals surface area contributed by atoms with Crippen molar-refractivity contribution in [2.45, 2.75) is 45.7 Å². The van der Waals surface area contributed by atoms with Gasteiger partial charge in [-0.3, -0.25) is 14.6 Å². The van der Waals surface area contributed by atoms with Crippen LogP contribution in [0.15, 0.2) is 72.4 Å². The molecular weight excluding hydrogens is 440 g/mol. The number of nitrogens with zero attached hydrogens (tertiary/aromatic N) is 2. The lowest BCUT2D eigenvalue weighted by Gasteiger charge is -2.25. The van der Waals surface area contributed by atoms with Gasteiger partial charge in [0.05, 0.1) is 24.9 Å². The Hall–Kier alpha value is -3.93. The van der Waals surface area contributed by atoms with E-state index in [0.29, 0.717) is 17.0 Å². The first-order chi connectivity index (χ1) is 16.6. The first-order valence-corrected chi connectivity index (χ1v) is 11.6. The summed E-state index contributed by atoms with van der Waals surface area (Å²) in [6.45, 7) is 8.26. The Balaban J connectivity index is 1.90. The van der Waals surface area contributed by atoms with Gasteiger partial charge in [-0.1, -0.05) is 57.2 Å². The number of methoxy groups -OCH3 is 1. The monoisotopic (exact) mass is 470 g/mol. The number of likely N-dealkylation sites (tertiary alicyclic amines) is 1. The third-order valence-electron chi connectivity index (χ3n) is 6.40. The van der Waals surface area contributed by atoms with E-state index in [2.05, 4.69) is 25.8 Å². The molecule has 1 aliphatic heterocycles. The Kier molecular flexibility index (Phi) is 6.48. The van der Waals surface area contributed by atoms with E-state index in [-0.39, 0.29) is 23.3 Å². The smallest absolute Gasteiger partial charge is 0.296 e. The third-order valence-corrected chi connectivity index (χ3v) is 6.40. The number of aliphatic hydroxyl groups is 1. The quantitative estimate of drug-likeness (QED) is 0.310. The number of ketones is 1. The Morgan fingerprint density at radius 2 is 1.77 bits per heavy atom. The summed E-state index contributed by atoms with van der Waals surface area (Å²) in [7, 11) is 1.56. The van der Waals surface area contributed by atoms with Gasteiger partial charge in [0.25, 0.3) is 11.7 Å². The summed E-state index contributed by atoms with van der Waals surface area (Å²) in [5.74, 6) is -0.987. The van der Waals surface area contributed by atoms with Gasteiger partial charge in [-0.25, -0.2) is 0 Å². The number of hydrogen-bond acceptors (Lipinski definition) is 5. The van der Waals surface area contributed by atoms with Gasteiger partial charge in [0.1, 0.15) is 17.6 Å². The van der Waals surface area contributed by atoms with Gasteiger partial charge in [-0.05, 0) is 47.7 Å². The summed E-state index contributed by atoms with van der Waals surface area (Å²) >= 11 is 0. The van der Waals surface area contributed by atoms with E-state index < -0.39 is 17.7 Å². The number of benzene rings is 2. The van der Waals surface area contributed by atoms with Crippen LogP contribution in [-0.2, 0) is 21.5 Å². The van der Waals surface area contributed by atoms with Gasteiger partial charge >= 0.3 is 0 Å². The molecular formula is C29H30N2O4. The van der Waals surface area contributed by atoms with E-state index >= 15 is 0 Å². The summed E-state index contributed by atoms with van der Waals surface area (Å²) in [4.78, 5) is 32.6. The minimum atomic E-state index is -0.834. The second-order valence-electron chi connectivity index (χ2n) is 9.77. The molecule has 1 aliphatic rings. The Labute approximate surface area is 205 Å². The Morgan fingerprint density at radius 3 is 2.43 bits per heavy atom. The van der Waals surface area contributed by atoms with Crippen LogP contribution >= 0.6 is 0 Å². The van der Waals surface area contributed by atoms with Crippen LogP contribution in [0, 0.1) is 6.92 Å². The molecule has 3 aromatic rings. The number of hydrogen-bond donors (Lipinski definition) is 1. The lowest BCUT2D eigenvalue weighted by Crippen LogP contribution is -2.29. The molecule has 1 saturated heterocycles. The average Bonchev–Trinajstić information content (AvgIpc) is 3.09. The van der Waals surface area contributed by atoms with Gasteiger partial charge in [0.2, 0.25) is 0 Å². The van der Waals surface area contributed by atoms with Crippen molar-refractivity contribution in [3.63, 3.8) is 0 Å². The maximum Gasteiger partial charge on any atom is 0.296 e. The van der Waals surface area contributed by atoms with E-state index in [4.69, 9.17) is 4.74 Å². The van der Waals surface area contributed by atoms with Crippen molar-refractivity contribution < 1.29 is 19.4 Å². The third kappa shape index (κ3) is 4.56. The number of amides is 1. The zero-order valence-electron chi connectivity index (χ0n) is 20.7. The number of pyridine rings is 1. The molecule has 6 heteroatoms. The van der Waals surface area contributed by atoms with E-state index in [1.54, 1.807) is 31.5 Å². The van der Waals surface area contributed by atoms with Gasteiger partial charge in [0.15, 0.2) is 0 Å². The fourth-order valence-electron chi connectivity index (χ4n) is 4.39. The zero-order valence-corrected chi connectivity index (χ0v) is 20.7. The second kappa shape index (κ2) is 9.37. The van der Waals surface area contributed by atoms with Crippen LogP contribution < -0.4 is 4.74 Å². The molecule has 1 aromatic heterocycles. The molecule has 1 N–H and O–H groups in total. The van der Waals surface area contributed by atoms with Crippen molar-refractivity contribution in [1.82, 2.24) is 9.88 Å². The van der Waals surface area contributed by atoms with E-state index in [1.165, 1.54) is 4.90 Å². The van der Waals surface area contributed by atoms with Crippen LogP contribution in [0.25, 0.3) is 5.76 Å². The van der Waals surface area contributed by atoms with Crippen LogP contribution in [0.5, 0.6) is 5.75 Å². The molecule has 35 heavy (non-hydrogen) atoms. The highest BCUT2D eigenvalue weighted by atomic mass is 16.5. The lowest BCUT2D eigenvalue weighted by molar-refractivity contribution is -0.140. The molecule has 1 amide bonds. The lowest BCUT2D eigenvalue weighted by atomic mass is 9.84. The molecule has 1 atom stereocenters. The molecule has 2 heterocycles. The fraction of sp³-hybridized carbons (Fsp3) is 0.276. The van der Waals surface area contributed by atoms with Crippen molar-refractivity contribution in [3.05, 3.63) is 100 Å². The highest BCUT2D eigenvalue weighted by molar-refractivity contribution is 6.46. The Morgan fingerprint density at radius 1 is 1.06 bits per heavy atom. The van der Waals surface area contributed by atoms with E-state index in [9.17, 15) is 14.7 Å². The largest absolute Gasteiger partial charge is 0.507 e. The number of carbonyl (C=O) groups is 2. The number of aryl methyl sites for hydroxylation is 1. The van der Waals surface area contributed by atoms with Crippen molar-refractivity contribution in [2.75, 3.05) is 7.11 Å². The number of Topliss-reactive ketones (excluding diaryl/α,β-unsaturated/α-hetero) is 1. The summed E-state index contributed by atoms with van der Waals surface area (Å²) in [5, 5.41) is 11.5. The number of ether oxygens (including phenoxy) is 1. The topological polar surface area (TPSA) is 79.7 Å². The highest BCUT2D eigenvalue weighted by Gasteiger charge is 2.47. The predicted molar refractivity (Wildman–Crippen MR) is 135 cm³/mol. The molecule has 0 saturated carbocycles. The molecule has 0 spiro atoms. The van der Waals surface area contributed by atoms with Gasteiger partial charge in [-0.2, -0.15) is 0 Å². The molecule has 0 bridgehead atoms. The maximum absolute atomic E-state index is 13.4. The van der Waals surface area contributed by atoms with Crippen LogP contribution in [0.1, 0.15) is 54.8 Å². The SMILES string of the molecule is COc1ccccc1CN1C(=O)C(=O)/C(=C(/O)c2cc(C(C)(C)C)ccc2C)C1c1ccccn1. The summed E-state index contributed by atoms with van der Waals surface area (Å²) in [5.41, 5.74) is 3.51. The van der Waals surface area contributed by atoms with Crippen molar-refractivity contribution in [3.8, 4) is 5.75 Å². The summed E-state index contributed by atoms with van der Waals surface area (Å²) < 4.78 is 5.46. The summed E-state index contributed by atoms with van der Waals surface area (Å²) in [6.07, 6.45) is 1.62. The number of para-hydroxylation sites is 1. The molecule has 1 fully saturated rings. The number of rotatable bonds is 5. The van der Waals surface area contributed by atoms with Crippen molar-refractivity contribution in [2.24, 2.45) is 0 Å². The first kappa shape index (κ1) is 24.2. The number of aliphatic hydroxyl groups excluding tert-OH is 1. The molecule has 0 aliphatic carbocycles. The summed E-state index contributed by atoms with van der Waals surface area (Å²) in [6, 6.07) is 17.7. The molecule has 180 valence electrons. The van der Waals surface area contributed by atoms with Gasteiger partial charge in [0, 0.05) is 17.3 Å². The van der Waals surface area contributed by atoms with Crippen LogP contribution in [0.4, 0.5) is 0 Å². The zero-order chi connectivity index (χ0) is 25.3. The van der Waals surface area contributed by atoms with Crippen molar-refractivity contribution in [1.29, 1.82) is 0 Å². The second-order valence-corrected chi connectivity index (χ2v) is 9.77.